The van der Waals surface area contributed by atoms with E-state index < -0.39 is 0 Å². The summed E-state index contributed by atoms with van der Waals surface area (Å²) < 4.78 is 0. The van der Waals surface area contributed by atoms with Crippen molar-refractivity contribution in [3.8, 4) is 0 Å². The third-order valence-electron chi connectivity index (χ3n) is 3.20. The quantitative estimate of drug-likeness (QED) is 0.761. The molecule has 0 fully saturated rings. The lowest BCUT2D eigenvalue weighted by Gasteiger charge is -2.19. The van der Waals surface area contributed by atoms with Crippen LogP contribution in [0.3, 0.4) is 0 Å². The highest BCUT2D eigenvalue weighted by Gasteiger charge is 2.13. The maximum absolute atomic E-state index is 6.18. The molecule has 2 N–H and O–H groups in total. The number of nitrogens with zero attached hydrogens (tertiary/aromatic N) is 1. The molecule has 2 nitrogen and oxygen atoms in total. The Balaban J connectivity index is 2.45. The number of pyridine rings is 1. The van der Waals surface area contributed by atoms with E-state index in [4.69, 9.17) is 5.73 Å². The Labute approximate surface area is 99.3 Å². The molecule has 0 saturated carbocycles. The topological polar surface area (TPSA) is 38.9 Å². The second-order valence-corrected chi connectivity index (χ2v) is 4.51. The van der Waals surface area contributed by atoms with E-state index in [9.17, 15) is 0 Å². The summed E-state index contributed by atoms with van der Waals surface area (Å²) in [4.78, 5) is 4.32. The molecule has 0 aromatic carbocycles. The van der Waals surface area contributed by atoms with Gasteiger partial charge in [-0.1, -0.05) is 45.6 Å². The Morgan fingerprint density at radius 3 is 2.69 bits per heavy atom. The zero-order chi connectivity index (χ0) is 11.8. The fourth-order valence-electron chi connectivity index (χ4n) is 2.06. The van der Waals surface area contributed by atoms with E-state index >= 15 is 0 Å². The first-order valence-corrected chi connectivity index (χ1v) is 6.44. The minimum absolute atomic E-state index is 0.100. The third-order valence-corrected chi connectivity index (χ3v) is 3.20. The van der Waals surface area contributed by atoms with Crippen LogP contribution in [0.15, 0.2) is 24.4 Å². The van der Waals surface area contributed by atoms with Crippen LogP contribution in [-0.4, -0.2) is 4.98 Å². The largest absolute Gasteiger partial charge is 0.323 e. The van der Waals surface area contributed by atoms with Crippen LogP contribution in [0.1, 0.15) is 57.7 Å². The Morgan fingerprint density at radius 1 is 1.31 bits per heavy atom. The third kappa shape index (κ3) is 4.31. The number of hydrogen-bond acceptors (Lipinski definition) is 2. The van der Waals surface area contributed by atoms with Gasteiger partial charge in [-0.05, 0) is 24.5 Å². The van der Waals surface area contributed by atoms with Crippen LogP contribution in [0.25, 0.3) is 0 Å². The summed E-state index contributed by atoms with van der Waals surface area (Å²) >= 11 is 0. The minimum Gasteiger partial charge on any atom is -0.323 e. The SMILES string of the molecule is CCCCC(CC)CC(N)c1ccccn1. The smallest absolute Gasteiger partial charge is 0.0571 e. The molecule has 0 aliphatic carbocycles. The summed E-state index contributed by atoms with van der Waals surface area (Å²) in [6.07, 6.45) is 7.99. The van der Waals surface area contributed by atoms with Gasteiger partial charge in [0.25, 0.3) is 0 Å². The molecule has 0 aliphatic rings. The number of hydrogen-bond donors (Lipinski definition) is 1. The summed E-state index contributed by atoms with van der Waals surface area (Å²) in [7, 11) is 0. The van der Waals surface area contributed by atoms with E-state index in [0.29, 0.717) is 0 Å². The molecule has 1 aromatic rings. The first-order valence-electron chi connectivity index (χ1n) is 6.44. The highest BCUT2D eigenvalue weighted by Crippen LogP contribution is 2.23. The molecule has 0 amide bonds. The van der Waals surface area contributed by atoms with Gasteiger partial charge in [-0.2, -0.15) is 0 Å². The van der Waals surface area contributed by atoms with Crippen molar-refractivity contribution in [2.75, 3.05) is 0 Å². The van der Waals surface area contributed by atoms with Gasteiger partial charge in [-0.3, -0.25) is 4.98 Å². The van der Waals surface area contributed by atoms with Crippen LogP contribution >= 0.6 is 0 Å². The fourth-order valence-corrected chi connectivity index (χ4v) is 2.06. The van der Waals surface area contributed by atoms with Crippen LogP contribution < -0.4 is 5.73 Å². The summed E-state index contributed by atoms with van der Waals surface area (Å²) in [6.45, 7) is 4.50. The van der Waals surface area contributed by atoms with Crippen LogP contribution in [0, 0.1) is 5.92 Å². The molecule has 2 unspecified atom stereocenters. The van der Waals surface area contributed by atoms with Crippen LogP contribution in [0.2, 0.25) is 0 Å². The van der Waals surface area contributed by atoms with E-state index in [2.05, 4.69) is 18.8 Å². The van der Waals surface area contributed by atoms with E-state index in [-0.39, 0.29) is 6.04 Å². The lowest BCUT2D eigenvalue weighted by Crippen LogP contribution is -2.16. The van der Waals surface area contributed by atoms with Crippen molar-refractivity contribution >= 4 is 0 Å². The lowest BCUT2D eigenvalue weighted by molar-refractivity contribution is 0.385. The predicted octanol–water partition coefficient (Wildman–Crippen LogP) is 3.69. The van der Waals surface area contributed by atoms with Crippen molar-refractivity contribution in [3.05, 3.63) is 30.1 Å². The van der Waals surface area contributed by atoms with E-state index in [1.807, 2.05) is 24.4 Å². The van der Waals surface area contributed by atoms with Crippen LogP contribution in [-0.2, 0) is 0 Å². The van der Waals surface area contributed by atoms with E-state index in [0.717, 1.165) is 18.0 Å². The average molecular weight is 220 g/mol. The number of aromatic nitrogens is 1. The average Bonchev–Trinajstić information content (AvgIpc) is 2.35. The summed E-state index contributed by atoms with van der Waals surface area (Å²) in [5.74, 6) is 0.747. The highest BCUT2D eigenvalue weighted by molar-refractivity contribution is 5.07. The van der Waals surface area contributed by atoms with Crippen molar-refractivity contribution < 1.29 is 0 Å². The van der Waals surface area contributed by atoms with Gasteiger partial charge >= 0.3 is 0 Å². The summed E-state index contributed by atoms with van der Waals surface area (Å²) in [6, 6.07) is 6.07. The van der Waals surface area contributed by atoms with Crippen LogP contribution in [0.5, 0.6) is 0 Å². The molecule has 0 saturated heterocycles. The molecule has 90 valence electrons. The first kappa shape index (κ1) is 13.2. The Bertz CT molecular complexity index is 271. The minimum atomic E-state index is 0.100. The maximum Gasteiger partial charge on any atom is 0.0571 e. The number of rotatable bonds is 7. The van der Waals surface area contributed by atoms with E-state index in [1.165, 1.54) is 25.7 Å². The standard InChI is InChI=1S/C14H24N2/c1-3-5-8-12(4-2)11-13(15)14-9-6-7-10-16-14/h6-7,9-10,12-13H,3-5,8,11,15H2,1-2H3. The van der Waals surface area contributed by atoms with E-state index in [1.54, 1.807) is 0 Å². The summed E-state index contributed by atoms with van der Waals surface area (Å²) in [5.41, 5.74) is 7.21. The molecule has 1 aromatic heterocycles. The zero-order valence-electron chi connectivity index (χ0n) is 10.5. The molecule has 2 heteroatoms. The van der Waals surface area contributed by atoms with Crippen molar-refractivity contribution in [1.29, 1.82) is 0 Å². The van der Waals surface area contributed by atoms with Crippen molar-refractivity contribution in [1.82, 2.24) is 4.98 Å². The van der Waals surface area contributed by atoms with Crippen LogP contribution in [0.4, 0.5) is 0 Å². The predicted molar refractivity (Wildman–Crippen MR) is 69.1 cm³/mol. The Hall–Kier alpha value is -0.890. The van der Waals surface area contributed by atoms with Gasteiger partial charge in [-0.25, -0.2) is 0 Å². The molecule has 1 heterocycles. The van der Waals surface area contributed by atoms with Gasteiger partial charge in [0.2, 0.25) is 0 Å². The van der Waals surface area contributed by atoms with Crippen molar-refractivity contribution in [2.24, 2.45) is 11.7 Å². The van der Waals surface area contributed by atoms with Gasteiger partial charge < -0.3 is 5.73 Å². The first-order chi connectivity index (χ1) is 7.77. The van der Waals surface area contributed by atoms with Crippen molar-refractivity contribution in [2.45, 2.75) is 52.0 Å². The lowest BCUT2D eigenvalue weighted by atomic mass is 9.91. The normalized spacial score (nSPS) is 14.7. The molecule has 1 rings (SSSR count). The zero-order valence-corrected chi connectivity index (χ0v) is 10.5. The molecule has 0 spiro atoms. The van der Waals surface area contributed by atoms with Gasteiger partial charge in [-0.15, -0.1) is 0 Å². The Morgan fingerprint density at radius 2 is 2.12 bits per heavy atom. The van der Waals surface area contributed by atoms with Gasteiger partial charge in [0.15, 0.2) is 0 Å². The highest BCUT2D eigenvalue weighted by atomic mass is 14.8. The monoisotopic (exact) mass is 220 g/mol. The molecule has 0 aliphatic heterocycles. The summed E-state index contributed by atoms with van der Waals surface area (Å²) in [5, 5.41) is 0. The molecule has 0 bridgehead atoms. The number of unbranched alkanes of at least 4 members (excludes halogenated alkanes) is 1. The molecular formula is C14H24N2. The Kier molecular flexibility index (Phi) is 6.09. The molecule has 0 radical (unpaired) electrons. The van der Waals surface area contributed by atoms with Gasteiger partial charge in [0.05, 0.1) is 5.69 Å². The molecule has 2 atom stereocenters. The molecular weight excluding hydrogens is 196 g/mol. The fraction of sp³-hybridized carbons (Fsp3) is 0.643. The molecule has 16 heavy (non-hydrogen) atoms. The maximum atomic E-state index is 6.18. The van der Waals surface area contributed by atoms with Crippen molar-refractivity contribution in [3.63, 3.8) is 0 Å². The second-order valence-electron chi connectivity index (χ2n) is 4.51. The number of nitrogens with two attached hydrogens (primary N) is 1. The van der Waals surface area contributed by atoms with Gasteiger partial charge in [0, 0.05) is 12.2 Å². The van der Waals surface area contributed by atoms with Gasteiger partial charge in [0.1, 0.15) is 0 Å². The second kappa shape index (κ2) is 7.39.